The van der Waals surface area contributed by atoms with Gasteiger partial charge in [0.15, 0.2) is 0 Å². The number of aromatic nitrogens is 2. The molecule has 2 aromatic carbocycles. The van der Waals surface area contributed by atoms with E-state index in [1.807, 2.05) is 66.9 Å². The van der Waals surface area contributed by atoms with Crippen LogP contribution in [0.4, 0.5) is 0 Å². The number of hydrogen-bond donors (Lipinski definition) is 0. The van der Waals surface area contributed by atoms with Crippen molar-refractivity contribution in [2.45, 2.75) is 11.4 Å². The summed E-state index contributed by atoms with van der Waals surface area (Å²) < 4.78 is 7.39. The Morgan fingerprint density at radius 3 is 2.43 bits per heavy atom. The Morgan fingerprint density at radius 1 is 1.00 bits per heavy atom. The average Bonchev–Trinajstić information content (AvgIpc) is 2.78. The minimum atomic E-state index is -0.553. The van der Waals surface area contributed by atoms with Crippen LogP contribution in [0.5, 0.6) is 11.5 Å². The number of ether oxygens (including phenoxy) is 1. The summed E-state index contributed by atoms with van der Waals surface area (Å²) in [4.78, 5) is 18.0. The quantitative estimate of drug-likeness (QED) is 0.432. The smallest absolute Gasteiger partial charge is 0.307 e. The molecule has 0 aliphatic rings. The predicted octanol–water partition coefficient (Wildman–Crippen LogP) is 3.20. The minimum Gasteiger partial charge on any atom is -0.868 e. The SMILES string of the molecule is C[S+](CCOc1ccccc1)c1c([O-])c2cccnc2n(Cc2ccccc2)c1=O. The lowest BCUT2D eigenvalue weighted by Gasteiger charge is -2.18. The number of fused-ring (bicyclic) bond motifs is 1. The maximum absolute atomic E-state index is 13.4. The zero-order valence-corrected chi connectivity index (χ0v) is 17.5. The van der Waals surface area contributed by atoms with Gasteiger partial charge in [-0.15, -0.1) is 0 Å². The summed E-state index contributed by atoms with van der Waals surface area (Å²) in [5, 5.41) is 13.6. The first-order valence-electron chi connectivity index (χ1n) is 9.68. The van der Waals surface area contributed by atoms with Crippen molar-refractivity contribution in [1.29, 1.82) is 0 Å². The van der Waals surface area contributed by atoms with Gasteiger partial charge in [-0.1, -0.05) is 54.6 Å². The van der Waals surface area contributed by atoms with Crippen LogP contribution in [-0.4, -0.2) is 28.2 Å². The van der Waals surface area contributed by atoms with Crippen LogP contribution in [0.3, 0.4) is 0 Å². The lowest BCUT2D eigenvalue weighted by Crippen LogP contribution is -2.30. The second kappa shape index (κ2) is 9.05. The monoisotopic (exact) mass is 418 g/mol. The highest BCUT2D eigenvalue weighted by Crippen LogP contribution is 2.27. The molecule has 4 rings (SSSR count). The van der Waals surface area contributed by atoms with E-state index in [9.17, 15) is 9.90 Å². The second-order valence-corrected chi connectivity index (χ2v) is 9.00. The van der Waals surface area contributed by atoms with Gasteiger partial charge < -0.3 is 9.84 Å². The number of rotatable bonds is 7. The van der Waals surface area contributed by atoms with Gasteiger partial charge in [0.2, 0.25) is 4.90 Å². The Kier molecular flexibility index (Phi) is 6.05. The molecule has 4 aromatic rings. The van der Waals surface area contributed by atoms with Crippen LogP contribution >= 0.6 is 0 Å². The average molecular weight is 419 g/mol. The molecule has 0 spiro atoms. The van der Waals surface area contributed by atoms with Crippen molar-refractivity contribution in [2.24, 2.45) is 0 Å². The highest BCUT2D eigenvalue weighted by Gasteiger charge is 2.25. The van der Waals surface area contributed by atoms with Gasteiger partial charge in [-0.05, 0) is 29.5 Å². The lowest BCUT2D eigenvalue weighted by atomic mass is 10.2. The van der Waals surface area contributed by atoms with Crippen molar-refractivity contribution in [2.75, 3.05) is 18.6 Å². The van der Waals surface area contributed by atoms with Gasteiger partial charge in [-0.3, -0.25) is 9.36 Å². The van der Waals surface area contributed by atoms with E-state index in [0.717, 1.165) is 11.3 Å². The summed E-state index contributed by atoms with van der Waals surface area (Å²) in [7, 11) is -0.553. The van der Waals surface area contributed by atoms with Crippen LogP contribution in [-0.2, 0) is 17.4 Å². The van der Waals surface area contributed by atoms with E-state index in [4.69, 9.17) is 4.74 Å². The molecule has 30 heavy (non-hydrogen) atoms. The first-order chi connectivity index (χ1) is 14.6. The van der Waals surface area contributed by atoms with Crippen LogP contribution in [0.25, 0.3) is 11.0 Å². The molecule has 5 nitrogen and oxygen atoms in total. The molecule has 0 saturated heterocycles. The van der Waals surface area contributed by atoms with E-state index in [-0.39, 0.29) is 11.3 Å². The molecule has 1 unspecified atom stereocenters. The molecule has 6 heteroatoms. The van der Waals surface area contributed by atoms with Gasteiger partial charge in [0.05, 0.1) is 6.54 Å². The van der Waals surface area contributed by atoms with Gasteiger partial charge in [0.25, 0.3) is 0 Å². The largest absolute Gasteiger partial charge is 0.868 e. The van der Waals surface area contributed by atoms with Crippen molar-refractivity contribution >= 4 is 21.9 Å². The zero-order chi connectivity index (χ0) is 20.9. The molecule has 0 radical (unpaired) electrons. The first kappa shape index (κ1) is 20.0. The standard InChI is InChI=1S/C24H22N2O3S/c1-30(16-15-29-19-11-6-3-7-12-19)22-21(27)20-13-8-14-25-23(20)26(24(22)28)17-18-9-4-2-5-10-18/h2-14H,15-17H2,1H3. The van der Waals surface area contributed by atoms with E-state index in [1.165, 1.54) is 0 Å². The van der Waals surface area contributed by atoms with Crippen molar-refractivity contribution in [3.8, 4) is 11.5 Å². The van der Waals surface area contributed by atoms with Crippen molar-refractivity contribution in [3.05, 3.63) is 94.9 Å². The van der Waals surface area contributed by atoms with Crippen molar-refractivity contribution < 1.29 is 9.84 Å². The lowest BCUT2D eigenvalue weighted by molar-refractivity contribution is -0.270. The van der Waals surface area contributed by atoms with E-state index >= 15 is 0 Å². The maximum atomic E-state index is 13.4. The minimum absolute atomic E-state index is 0.224. The number of pyridine rings is 2. The number of benzene rings is 2. The Labute approximate surface area is 177 Å². The first-order valence-corrected chi connectivity index (χ1v) is 11.5. The Hall–Kier alpha value is -3.25. The maximum Gasteiger partial charge on any atom is 0.307 e. The fourth-order valence-electron chi connectivity index (χ4n) is 3.35. The molecule has 0 N–H and O–H groups in total. The predicted molar refractivity (Wildman–Crippen MR) is 119 cm³/mol. The van der Waals surface area contributed by atoms with Crippen LogP contribution in [0, 0.1) is 0 Å². The molecule has 0 bridgehead atoms. The Balaban J connectivity index is 1.67. The molecule has 152 valence electrons. The Bertz CT molecular complexity index is 1190. The topological polar surface area (TPSA) is 67.2 Å². The number of nitrogens with zero attached hydrogens (tertiary/aromatic N) is 2. The summed E-state index contributed by atoms with van der Waals surface area (Å²) in [6.45, 7) is 0.810. The van der Waals surface area contributed by atoms with Gasteiger partial charge in [-0.25, -0.2) is 4.98 Å². The summed E-state index contributed by atoms with van der Waals surface area (Å²) in [5.74, 6) is 1.15. The van der Waals surface area contributed by atoms with E-state index in [2.05, 4.69) is 4.98 Å². The summed E-state index contributed by atoms with van der Waals surface area (Å²) in [5.41, 5.74) is 1.15. The molecule has 2 heterocycles. The molecule has 0 fully saturated rings. The normalized spacial score (nSPS) is 12.0. The fourth-order valence-corrected chi connectivity index (χ4v) is 4.72. The molecule has 0 amide bonds. The zero-order valence-electron chi connectivity index (χ0n) is 16.7. The van der Waals surface area contributed by atoms with Crippen molar-refractivity contribution in [1.82, 2.24) is 9.55 Å². The summed E-state index contributed by atoms with van der Waals surface area (Å²) in [6, 6.07) is 22.7. The van der Waals surface area contributed by atoms with E-state index in [1.54, 1.807) is 22.9 Å². The van der Waals surface area contributed by atoms with E-state index in [0.29, 0.717) is 34.8 Å². The van der Waals surface area contributed by atoms with Gasteiger partial charge in [-0.2, -0.15) is 0 Å². The number of para-hydroxylation sites is 1. The Morgan fingerprint density at radius 2 is 1.70 bits per heavy atom. The fraction of sp³-hybridized carbons (Fsp3) is 0.167. The van der Waals surface area contributed by atoms with Crippen LogP contribution in [0.1, 0.15) is 5.56 Å². The molecule has 0 aliphatic carbocycles. The molecular weight excluding hydrogens is 396 g/mol. The van der Waals surface area contributed by atoms with Crippen LogP contribution in [0.15, 0.2) is 88.7 Å². The molecular formula is C24H22N2O3S. The van der Waals surface area contributed by atoms with E-state index < -0.39 is 10.9 Å². The summed E-state index contributed by atoms with van der Waals surface area (Å²) in [6.07, 6.45) is 3.54. The highest BCUT2D eigenvalue weighted by molar-refractivity contribution is 7.96. The highest BCUT2D eigenvalue weighted by atomic mass is 32.2. The van der Waals surface area contributed by atoms with Crippen LogP contribution < -0.4 is 15.4 Å². The molecule has 2 aromatic heterocycles. The third-order valence-electron chi connectivity index (χ3n) is 4.87. The molecule has 0 saturated carbocycles. The van der Waals surface area contributed by atoms with Gasteiger partial charge in [0.1, 0.15) is 30.0 Å². The van der Waals surface area contributed by atoms with Gasteiger partial charge >= 0.3 is 5.56 Å². The number of hydrogen-bond acceptors (Lipinski definition) is 4. The van der Waals surface area contributed by atoms with Crippen LogP contribution in [0.2, 0.25) is 0 Å². The molecule has 1 atom stereocenters. The summed E-state index contributed by atoms with van der Waals surface area (Å²) >= 11 is 0. The van der Waals surface area contributed by atoms with Crippen molar-refractivity contribution in [3.63, 3.8) is 0 Å². The molecule has 0 aliphatic heterocycles. The van der Waals surface area contributed by atoms with Gasteiger partial charge in [0, 0.05) is 22.5 Å². The second-order valence-electron chi connectivity index (χ2n) is 6.91. The third-order valence-corrected chi connectivity index (χ3v) is 6.70. The third kappa shape index (κ3) is 4.19.